The SMILES string of the molecule is Cc1cccc(C(=O)OCC(=O)Nc2ccc(Cl)cc2[N+](=O)[O-])c1[N+](=O)[O-]. The summed E-state index contributed by atoms with van der Waals surface area (Å²) in [6, 6.07) is 7.73. The number of nitro benzene ring substituents is 2. The summed E-state index contributed by atoms with van der Waals surface area (Å²) in [7, 11) is 0. The number of rotatable bonds is 6. The minimum absolute atomic E-state index is 0.109. The molecule has 0 fully saturated rings. The van der Waals surface area contributed by atoms with Crippen molar-refractivity contribution in [1.82, 2.24) is 0 Å². The number of anilines is 1. The van der Waals surface area contributed by atoms with E-state index in [0.29, 0.717) is 0 Å². The van der Waals surface area contributed by atoms with Crippen LogP contribution in [0.4, 0.5) is 17.1 Å². The second-order valence-corrected chi connectivity index (χ2v) is 5.71. The van der Waals surface area contributed by atoms with E-state index in [1.165, 1.54) is 37.3 Å². The predicted octanol–water partition coefficient (Wildman–Crippen LogP) is 3.26. The molecule has 0 aromatic heterocycles. The minimum Gasteiger partial charge on any atom is -0.452 e. The van der Waals surface area contributed by atoms with Gasteiger partial charge in [0.1, 0.15) is 11.3 Å². The van der Waals surface area contributed by atoms with Crippen LogP contribution in [0.15, 0.2) is 36.4 Å². The zero-order valence-corrected chi connectivity index (χ0v) is 14.6. The van der Waals surface area contributed by atoms with Crippen LogP contribution in [-0.4, -0.2) is 28.3 Å². The summed E-state index contributed by atoms with van der Waals surface area (Å²) in [6.45, 7) is 0.672. The lowest BCUT2D eigenvalue weighted by molar-refractivity contribution is -0.385. The molecule has 10 nitrogen and oxygen atoms in total. The summed E-state index contributed by atoms with van der Waals surface area (Å²) >= 11 is 5.68. The molecule has 2 aromatic carbocycles. The standard InChI is InChI=1S/C16H12ClN3O7/c1-9-3-2-4-11(15(9)20(25)26)16(22)27-8-14(21)18-12-6-5-10(17)7-13(12)19(23)24/h2-7H,8H2,1H3,(H,18,21). The fraction of sp³-hybridized carbons (Fsp3) is 0.125. The number of hydrogen-bond acceptors (Lipinski definition) is 7. The lowest BCUT2D eigenvalue weighted by Crippen LogP contribution is -2.22. The summed E-state index contributed by atoms with van der Waals surface area (Å²) in [6.07, 6.45) is 0. The Morgan fingerprint density at radius 2 is 1.85 bits per heavy atom. The van der Waals surface area contributed by atoms with Crippen LogP contribution in [0.1, 0.15) is 15.9 Å². The first kappa shape index (κ1) is 19.8. The van der Waals surface area contributed by atoms with E-state index in [0.717, 1.165) is 6.07 Å². The molecule has 0 spiro atoms. The van der Waals surface area contributed by atoms with E-state index in [-0.39, 0.29) is 21.8 Å². The number of nitrogens with one attached hydrogen (secondary N) is 1. The molecule has 0 unspecified atom stereocenters. The van der Waals surface area contributed by atoms with Crippen LogP contribution in [0.25, 0.3) is 0 Å². The lowest BCUT2D eigenvalue weighted by Gasteiger charge is -2.08. The third kappa shape index (κ3) is 4.76. The van der Waals surface area contributed by atoms with Gasteiger partial charge in [0.15, 0.2) is 6.61 Å². The predicted molar refractivity (Wildman–Crippen MR) is 94.9 cm³/mol. The Bertz CT molecular complexity index is 946. The van der Waals surface area contributed by atoms with Crippen LogP contribution in [0.2, 0.25) is 5.02 Å². The van der Waals surface area contributed by atoms with Crippen LogP contribution in [0.3, 0.4) is 0 Å². The average Bonchev–Trinajstić information content (AvgIpc) is 2.60. The number of ether oxygens (including phenoxy) is 1. The van der Waals surface area contributed by atoms with Crippen LogP contribution in [-0.2, 0) is 9.53 Å². The highest BCUT2D eigenvalue weighted by atomic mass is 35.5. The first-order valence-electron chi connectivity index (χ1n) is 7.35. The highest BCUT2D eigenvalue weighted by Crippen LogP contribution is 2.28. The van der Waals surface area contributed by atoms with Crippen LogP contribution in [0.5, 0.6) is 0 Å². The highest BCUT2D eigenvalue weighted by molar-refractivity contribution is 6.31. The van der Waals surface area contributed by atoms with E-state index >= 15 is 0 Å². The molecule has 0 aliphatic rings. The van der Waals surface area contributed by atoms with Gasteiger partial charge in [0.25, 0.3) is 17.3 Å². The van der Waals surface area contributed by atoms with Gasteiger partial charge in [-0.3, -0.25) is 25.0 Å². The van der Waals surface area contributed by atoms with Gasteiger partial charge < -0.3 is 10.1 Å². The maximum absolute atomic E-state index is 12.1. The topological polar surface area (TPSA) is 142 Å². The van der Waals surface area contributed by atoms with Gasteiger partial charge in [-0.05, 0) is 25.1 Å². The molecule has 2 rings (SSSR count). The van der Waals surface area contributed by atoms with Gasteiger partial charge in [-0.2, -0.15) is 0 Å². The van der Waals surface area contributed by atoms with Gasteiger partial charge in [0, 0.05) is 16.7 Å². The number of nitro groups is 2. The molecule has 2 aromatic rings. The van der Waals surface area contributed by atoms with Crippen molar-refractivity contribution in [1.29, 1.82) is 0 Å². The molecular formula is C16H12ClN3O7. The number of benzene rings is 2. The zero-order chi connectivity index (χ0) is 20.1. The van der Waals surface area contributed by atoms with Crippen LogP contribution in [0, 0.1) is 27.2 Å². The van der Waals surface area contributed by atoms with Gasteiger partial charge in [0.05, 0.1) is 9.85 Å². The van der Waals surface area contributed by atoms with E-state index in [1.807, 2.05) is 0 Å². The molecule has 140 valence electrons. The maximum Gasteiger partial charge on any atom is 0.345 e. The van der Waals surface area contributed by atoms with Crippen molar-refractivity contribution < 1.29 is 24.2 Å². The highest BCUT2D eigenvalue weighted by Gasteiger charge is 2.24. The number of nitrogens with zero attached hydrogens (tertiary/aromatic N) is 2. The number of carbonyl (C=O) groups is 2. The average molecular weight is 394 g/mol. The molecule has 0 saturated heterocycles. The summed E-state index contributed by atoms with van der Waals surface area (Å²) in [4.78, 5) is 44.6. The Kier molecular flexibility index (Phi) is 6.03. The number of para-hydroxylation sites is 1. The monoisotopic (exact) mass is 393 g/mol. The van der Waals surface area contributed by atoms with Gasteiger partial charge in [-0.1, -0.05) is 23.7 Å². The van der Waals surface area contributed by atoms with Crippen molar-refractivity contribution in [2.45, 2.75) is 6.92 Å². The first-order valence-corrected chi connectivity index (χ1v) is 7.73. The number of carbonyl (C=O) groups excluding carboxylic acids is 2. The van der Waals surface area contributed by atoms with Crippen LogP contribution >= 0.6 is 11.6 Å². The number of amides is 1. The van der Waals surface area contributed by atoms with Crippen molar-refractivity contribution in [2.24, 2.45) is 0 Å². The molecule has 11 heteroatoms. The quantitative estimate of drug-likeness (QED) is 0.450. The molecule has 0 saturated carbocycles. The molecule has 27 heavy (non-hydrogen) atoms. The smallest absolute Gasteiger partial charge is 0.345 e. The summed E-state index contributed by atoms with van der Waals surface area (Å²) in [5.74, 6) is -1.92. The summed E-state index contributed by atoms with van der Waals surface area (Å²) in [5, 5.41) is 24.4. The molecule has 0 bridgehead atoms. The Balaban J connectivity index is 2.09. The lowest BCUT2D eigenvalue weighted by atomic mass is 10.1. The maximum atomic E-state index is 12.1. The molecular weight excluding hydrogens is 382 g/mol. The van der Waals surface area contributed by atoms with Crippen molar-refractivity contribution in [2.75, 3.05) is 11.9 Å². The second-order valence-electron chi connectivity index (χ2n) is 5.27. The van der Waals surface area contributed by atoms with Crippen molar-refractivity contribution >= 4 is 40.5 Å². The second kappa shape index (κ2) is 8.23. The Labute approximate surface area is 157 Å². The van der Waals surface area contributed by atoms with E-state index in [2.05, 4.69) is 5.32 Å². The number of hydrogen-bond donors (Lipinski definition) is 1. The Hall–Kier alpha value is -3.53. The number of halogens is 1. The van der Waals surface area contributed by atoms with Crippen molar-refractivity contribution in [3.05, 3.63) is 72.8 Å². The summed E-state index contributed by atoms with van der Waals surface area (Å²) in [5.41, 5.74) is -1.03. The molecule has 1 N–H and O–H groups in total. The Morgan fingerprint density at radius 1 is 1.15 bits per heavy atom. The van der Waals surface area contributed by atoms with Gasteiger partial charge in [0.2, 0.25) is 0 Å². The van der Waals surface area contributed by atoms with E-state index in [1.54, 1.807) is 0 Å². The summed E-state index contributed by atoms with van der Waals surface area (Å²) < 4.78 is 4.78. The molecule has 0 aliphatic heterocycles. The molecule has 0 atom stereocenters. The number of esters is 1. The molecule has 1 amide bonds. The van der Waals surface area contributed by atoms with Crippen molar-refractivity contribution in [3.8, 4) is 0 Å². The van der Waals surface area contributed by atoms with Crippen molar-refractivity contribution in [3.63, 3.8) is 0 Å². The van der Waals surface area contributed by atoms with E-state index in [9.17, 15) is 29.8 Å². The fourth-order valence-electron chi connectivity index (χ4n) is 2.22. The minimum atomic E-state index is -1.06. The number of aryl methyl sites for hydroxylation is 1. The van der Waals surface area contributed by atoms with E-state index < -0.39 is 39.7 Å². The molecule has 0 heterocycles. The Morgan fingerprint density at radius 3 is 2.48 bits per heavy atom. The largest absolute Gasteiger partial charge is 0.452 e. The normalized spacial score (nSPS) is 10.1. The van der Waals surface area contributed by atoms with Gasteiger partial charge in [-0.15, -0.1) is 0 Å². The van der Waals surface area contributed by atoms with Gasteiger partial charge >= 0.3 is 5.97 Å². The third-order valence-corrected chi connectivity index (χ3v) is 3.64. The molecule has 0 radical (unpaired) electrons. The first-order chi connectivity index (χ1) is 12.7. The van der Waals surface area contributed by atoms with E-state index in [4.69, 9.17) is 16.3 Å². The van der Waals surface area contributed by atoms with Gasteiger partial charge in [-0.25, -0.2) is 4.79 Å². The third-order valence-electron chi connectivity index (χ3n) is 3.41. The van der Waals surface area contributed by atoms with Crippen LogP contribution < -0.4 is 5.32 Å². The zero-order valence-electron chi connectivity index (χ0n) is 13.8. The molecule has 0 aliphatic carbocycles. The fourth-order valence-corrected chi connectivity index (χ4v) is 2.39.